The zero-order valence-corrected chi connectivity index (χ0v) is 12.4. The van der Waals surface area contributed by atoms with Crippen LogP contribution in [0.5, 0.6) is 0 Å². The van der Waals surface area contributed by atoms with Crippen LogP contribution < -0.4 is 16.4 Å². The average molecular weight is 279 g/mol. The number of carbonyl (C=O) groups excluding carboxylic acids is 1. The summed E-state index contributed by atoms with van der Waals surface area (Å²) in [6, 6.07) is 3.66. The third-order valence-corrected chi connectivity index (χ3v) is 3.09. The Morgan fingerprint density at radius 2 is 2.10 bits per heavy atom. The number of nitrogens with two attached hydrogens (primary N) is 1. The third kappa shape index (κ3) is 5.99. The van der Waals surface area contributed by atoms with Crippen LogP contribution in [0.25, 0.3) is 0 Å². The molecule has 0 fully saturated rings. The van der Waals surface area contributed by atoms with Crippen molar-refractivity contribution in [2.75, 3.05) is 43.4 Å². The first kappa shape index (κ1) is 16.4. The van der Waals surface area contributed by atoms with E-state index in [1.54, 1.807) is 12.3 Å². The summed E-state index contributed by atoms with van der Waals surface area (Å²) in [4.78, 5) is 17.6. The highest BCUT2D eigenvalue weighted by Gasteiger charge is 2.01. The molecule has 1 heterocycles. The molecule has 0 spiro atoms. The van der Waals surface area contributed by atoms with Gasteiger partial charge in [-0.1, -0.05) is 13.8 Å². The van der Waals surface area contributed by atoms with Gasteiger partial charge in [-0.2, -0.15) is 0 Å². The van der Waals surface area contributed by atoms with E-state index >= 15 is 0 Å². The van der Waals surface area contributed by atoms with Crippen LogP contribution >= 0.6 is 0 Å². The summed E-state index contributed by atoms with van der Waals surface area (Å²) in [6.45, 7) is 8.50. The van der Waals surface area contributed by atoms with Gasteiger partial charge < -0.3 is 21.3 Å². The Morgan fingerprint density at radius 1 is 1.35 bits per heavy atom. The highest BCUT2D eigenvalue weighted by Crippen LogP contribution is 2.09. The van der Waals surface area contributed by atoms with E-state index in [0.717, 1.165) is 38.3 Å². The van der Waals surface area contributed by atoms with E-state index in [-0.39, 0.29) is 12.5 Å². The Morgan fingerprint density at radius 3 is 2.65 bits per heavy atom. The number of carbonyl (C=O) groups is 1. The lowest BCUT2D eigenvalue weighted by Crippen LogP contribution is -2.25. The second-order valence-electron chi connectivity index (χ2n) is 4.49. The minimum Gasteiger partial charge on any atom is -0.384 e. The number of anilines is 2. The molecule has 0 unspecified atom stereocenters. The Hall–Kier alpha value is -1.66. The fourth-order valence-corrected chi connectivity index (χ4v) is 1.84. The van der Waals surface area contributed by atoms with Crippen LogP contribution in [0.2, 0.25) is 0 Å². The van der Waals surface area contributed by atoms with E-state index in [4.69, 9.17) is 5.73 Å². The lowest BCUT2D eigenvalue weighted by molar-refractivity contribution is -0.114. The van der Waals surface area contributed by atoms with Crippen molar-refractivity contribution < 1.29 is 4.79 Å². The summed E-state index contributed by atoms with van der Waals surface area (Å²) in [7, 11) is 0. The number of pyridine rings is 1. The first-order valence-electron chi connectivity index (χ1n) is 7.11. The first-order chi connectivity index (χ1) is 9.69. The molecule has 1 amide bonds. The second kappa shape index (κ2) is 9.28. The number of nitrogens with one attached hydrogen (secondary N) is 2. The number of amides is 1. The van der Waals surface area contributed by atoms with Crippen LogP contribution in [0.1, 0.15) is 20.3 Å². The molecule has 1 aromatic rings. The topological polar surface area (TPSA) is 83.3 Å². The molecular formula is C14H25N5O. The predicted molar refractivity (Wildman–Crippen MR) is 82.8 cm³/mol. The predicted octanol–water partition coefficient (Wildman–Crippen LogP) is 1.12. The van der Waals surface area contributed by atoms with Crippen LogP contribution in [0.15, 0.2) is 18.3 Å². The maximum atomic E-state index is 11.1. The van der Waals surface area contributed by atoms with Gasteiger partial charge in [0.25, 0.3) is 0 Å². The van der Waals surface area contributed by atoms with Gasteiger partial charge in [0, 0.05) is 6.54 Å². The number of aromatic nitrogens is 1. The molecule has 1 aromatic heterocycles. The zero-order valence-electron chi connectivity index (χ0n) is 12.4. The standard InChI is InChI=1S/C14H25N5O/c1-3-19(4-2)9-5-8-16-12-6-7-13(17-11-12)18-14(20)10-15/h6-7,11,16H,3-5,8-10,15H2,1-2H3,(H,17,18,20). The van der Waals surface area contributed by atoms with Crippen LogP contribution in [0.4, 0.5) is 11.5 Å². The SMILES string of the molecule is CCN(CC)CCCNc1ccc(NC(=O)CN)nc1. The number of rotatable bonds is 9. The molecule has 0 bridgehead atoms. The summed E-state index contributed by atoms with van der Waals surface area (Å²) >= 11 is 0. The number of nitrogens with zero attached hydrogens (tertiary/aromatic N) is 2. The van der Waals surface area contributed by atoms with Crippen molar-refractivity contribution in [3.8, 4) is 0 Å². The van der Waals surface area contributed by atoms with Gasteiger partial charge in [-0.3, -0.25) is 4.79 Å². The molecule has 0 saturated carbocycles. The van der Waals surface area contributed by atoms with Gasteiger partial charge in [0.05, 0.1) is 18.4 Å². The van der Waals surface area contributed by atoms with Crippen molar-refractivity contribution in [2.24, 2.45) is 5.73 Å². The molecule has 6 heteroatoms. The minimum atomic E-state index is -0.238. The Bertz CT molecular complexity index is 389. The maximum absolute atomic E-state index is 11.1. The molecule has 0 aromatic carbocycles. The normalized spacial score (nSPS) is 10.6. The monoisotopic (exact) mass is 279 g/mol. The molecule has 6 nitrogen and oxygen atoms in total. The van der Waals surface area contributed by atoms with Gasteiger partial charge in [0.15, 0.2) is 0 Å². The fraction of sp³-hybridized carbons (Fsp3) is 0.571. The van der Waals surface area contributed by atoms with Gasteiger partial charge in [-0.05, 0) is 38.2 Å². The van der Waals surface area contributed by atoms with Crippen LogP contribution in [0.3, 0.4) is 0 Å². The highest BCUT2D eigenvalue weighted by atomic mass is 16.1. The molecule has 4 N–H and O–H groups in total. The summed E-state index contributed by atoms with van der Waals surface area (Å²) in [6.07, 6.45) is 2.80. The van der Waals surface area contributed by atoms with Crippen LogP contribution in [0, 0.1) is 0 Å². The van der Waals surface area contributed by atoms with E-state index in [1.165, 1.54) is 0 Å². The number of hydrogen-bond acceptors (Lipinski definition) is 5. The lowest BCUT2D eigenvalue weighted by Gasteiger charge is -2.17. The van der Waals surface area contributed by atoms with Crippen molar-refractivity contribution in [1.82, 2.24) is 9.88 Å². The molecular weight excluding hydrogens is 254 g/mol. The Balaban J connectivity index is 2.29. The van der Waals surface area contributed by atoms with Gasteiger partial charge >= 0.3 is 0 Å². The van der Waals surface area contributed by atoms with E-state index in [9.17, 15) is 4.79 Å². The van der Waals surface area contributed by atoms with Crippen LogP contribution in [-0.4, -0.2) is 48.5 Å². The largest absolute Gasteiger partial charge is 0.384 e. The van der Waals surface area contributed by atoms with E-state index in [0.29, 0.717) is 5.82 Å². The van der Waals surface area contributed by atoms with Crippen molar-refractivity contribution in [3.05, 3.63) is 18.3 Å². The third-order valence-electron chi connectivity index (χ3n) is 3.09. The van der Waals surface area contributed by atoms with Gasteiger partial charge in [0.2, 0.25) is 5.91 Å². The summed E-state index contributed by atoms with van der Waals surface area (Å²) in [5.74, 6) is 0.284. The molecule has 20 heavy (non-hydrogen) atoms. The smallest absolute Gasteiger partial charge is 0.239 e. The molecule has 0 aliphatic rings. The fourth-order valence-electron chi connectivity index (χ4n) is 1.84. The average Bonchev–Trinajstić information content (AvgIpc) is 2.49. The van der Waals surface area contributed by atoms with E-state index in [1.807, 2.05) is 6.07 Å². The molecule has 112 valence electrons. The summed E-state index contributed by atoms with van der Waals surface area (Å²) < 4.78 is 0. The van der Waals surface area contributed by atoms with Crippen molar-refractivity contribution >= 4 is 17.4 Å². The van der Waals surface area contributed by atoms with E-state index < -0.39 is 0 Å². The van der Waals surface area contributed by atoms with Gasteiger partial charge in [-0.15, -0.1) is 0 Å². The van der Waals surface area contributed by atoms with Gasteiger partial charge in [0.1, 0.15) is 5.82 Å². The molecule has 0 aliphatic heterocycles. The highest BCUT2D eigenvalue weighted by molar-refractivity contribution is 5.91. The molecule has 0 aliphatic carbocycles. The van der Waals surface area contributed by atoms with Crippen molar-refractivity contribution in [2.45, 2.75) is 20.3 Å². The molecule has 0 saturated heterocycles. The second-order valence-corrected chi connectivity index (χ2v) is 4.49. The van der Waals surface area contributed by atoms with Crippen molar-refractivity contribution in [1.29, 1.82) is 0 Å². The molecule has 0 radical (unpaired) electrons. The van der Waals surface area contributed by atoms with E-state index in [2.05, 4.69) is 34.4 Å². The zero-order chi connectivity index (χ0) is 14.8. The summed E-state index contributed by atoms with van der Waals surface area (Å²) in [5.41, 5.74) is 6.18. The molecule has 1 rings (SSSR count). The molecule has 0 atom stereocenters. The lowest BCUT2D eigenvalue weighted by atomic mass is 10.3. The maximum Gasteiger partial charge on any atom is 0.239 e. The Kier molecular flexibility index (Phi) is 7.60. The van der Waals surface area contributed by atoms with Crippen molar-refractivity contribution in [3.63, 3.8) is 0 Å². The van der Waals surface area contributed by atoms with Crippen LogP contribution in [-0.2, 0) is 4.79 Å². The first-order valence-corrected chi connectivity index (χ1v) is 7.11. The van der Waals surface area contributed by atoms with Gasteiger partial charge in [-0.25, -0.2) is 4.98 Å². The summed E-state index contributed by atoms with van der Waals surface area (Å²) in [5, 5.41) is 5.92. The minimum absolute atomic E-state index is 0.0347. The quantitative estimate of drug-likeness (QED) is 0.590. The number of hydrogen-bond donors (Lipinski definition) is 3. The Labute approximate surface area is 120 Å².